The van der Waals surface area contributed by atoms with Gasteiger partial charge in [0.2, 0.25) is 0 Å². The lowest BCUT2D eigenvalue weighted by atomic mass is 10.0. The molecule has 5 heteroatoms. The van der Waals surface area contributed by atoms with Crippen LogP contribution in [0.4, 0.5) is 0 Å². The van der Waals surface area contributed by atoms with Crippen molar-refractivity contribution in [1.82, 2.24) is 0 Å². The lowest BCUT2D eigenvalue weighted by Gasteiger charge is -2.27. The normalized spacial score (nSPS) is 19.0. The first-order valence-corrected chi connectivity index (χ1v) is 7.95. The molecule has 1 aliphatic heterocycles. The Morgan fingerprint density at radius 1 is 1.17 bits per heavy atom. The molecule has 0 atom stereocenters. The summed E-state index contributed by atoms with van der Waals surface area (Å²) < 4.78 is 34.3. The van der Waals surface area contributed by atoms with Gasteiger partial charge in [-0.3, -0.25) is 0 Å². The fourth-order valence-electron chi connectivity index (χ4n) is 2.20. The van der Waals surface area contributed by atoms with E-state index in [4.69, 9.17) is 9.47 Å². The van der Waals surface area contributed by atoms with Gasteiger partial charge in [0.15, 0.2) is 15.6 Å². The Bertz CT molecular complexity index is 498. The van der Waals surface area contributed by atoms with E-state index in [1.165, 1.54) is 6.26 Å². The van der Waals surface area contributed by atoms with Gasteiger partial charge in [-0.25, -0.2) is 8.42 Å². The van der Waals surface area contributed by atoms with Crippen LogP contribution in [-0.2, 0) is 25.1 Å². The highest BCUT2D eigenvalue weighted by molar-refractivity contribution is 7.90. The number of hydrogen-bond acceptors (Lipinski definition) is 4. The topological polar surface area (TPSA) is 52.6 Å². The van der Waals surface area contributed by atoms with Crippen molar-refractivity contribution in [2.45, 2.75) is 30.4 Å². The van der Waals surface area contributed by atoms with E-state index < -0.39 is 15.6 Å². The van der Waals surface area contributed by atoms with E-state index >= 15 is 0 Å². The van der Waals surface area contributed by atoms with Gasteiger partial charge in [-0.15, -0.1) is 0 Å². The van der Waals surface area contributed by atoms with Crippen LogP contribution in [0.25, 0.3) is 0 Å². The molecule has 0 aromatic heterocycles. The number of hydrogen-bond donors (Lipinski definition) is 0. The van der Waals surface area contributed by atoms with E-state index in [0.29, 0.717) is 18.1 Å². The Balaban J connectivity index is 2.33. The standard InChI is InChI=1S/C13H18O4S/c1-3-8-13(16-9-10-17-13)11-4-6-12(7-5-11)18(2,14)15/h4-7H,3,8-10H2,1-2H3. The zero-order valence-electron chi connectivity index (χ0n) is 10.7. The van der Waals surface area contributed by atoms with E-state index in [1.807, 2.05) is 0 Å². The zero-order chi connectivity index (χ0) is 13.2. The molecule has 4 nitrogen and oxygen atoms in total. The maximum atomic E-state index is 11.4. The van der Waals surface area contributed by atoms with E-state index in [1.54, 1.807) is 24.3 Å². The lowest BCUT2D eigenvalue weighted by Crippen LogP contribution is -2.26. The summed E-state index contributed by atoms with van der Waals surface area (Å²) in [5, 5.41) is 0. The van der Waals surface area contributed by atoms with Crippen molar-refractivity contribution in [2.75, 3.05) is 19.5 Å². The molecule has 1 aromatic rings. The smallest absolute Gasteiger partial charge is 0.194 e. The van der Waals surface area contributed by atoms with Crippen molar-refractivity contribution in [3.8, 4) is 0 Å². The summed E-state index contributed by atoms with van der Waals surface area (Å²) in [5.74, 6) is -0.690. The van der Waals surface area contributed by atoms with Gasteiger partial charge in [0.25, 0.3) is 0 Å². The SMILES string of the molecule is CCCC1(c2ccc(S(C)(=O)=O)cc2)OCCO1. The maximum Gasteiger partial charge on any atom is 0.194 e. The number of ether oxygens (including phenoxy) is 2. The third kappa shape index (κ3) is 2.58. The van der Waals surface area contributed by atoms with Crippen LogP contribution >= 0.6 is 0 Å². The molecule has 0 spiro atoms. The molecule has 0 bridgehead atoms. The number of benzene rings is 1. The van der Waals surface area contributed by atoms with Gasteiger partial charge in [0, 0.05) is 18.2 Å². The third-order valence-corrected chi connectivity index (χ3v) is 4.18. The van der Waals surface area contributed by atoms with Gasteiger partial charge in [-0.2, -0.15) is 0 Å². The van der Waals surface area contributed by atoms with Crippen LogP contribution in [0, 0.1) is 0 Å². The first-order chi connectivity index (χ1) is 8.48. The van der Waals surface area contributed by atoms with Crippen molar-refractivity contribution in [3.05, 3.63) is 29.8 Å². The van der Waals surface area contributed by atoms with Gasteiger partial charge >= 0.3 is 0 Å². The van der Waals surface area contributed by atoms with E-state index in [-0.39, 0.29) is 0 Å². The molecule has 0 aliphatic carbocycles. The van der Waals surface area contributed by atoms with E-state index in [2.05, 4.69) is 6.92 Å². The summed E-state index contributed by atoms with van der Waals surface area (Å²) in [5.41, 5.74) is 0.884. The van der Waals surface area contributed by atoms with Crippen LogP contribution in [0.2, 0.25) is 0 Å². The lowest BCUT2D eigenvalue weighted by molar-refractivity contribution is -0.171. The highest BCUT2D eigenvalue weighted by Crippen LogP contribution is 2.36. The molecular weight excluding hydrogens is 252 g/mol. The number of rotatable bonds is 4. The van der Waals surface area contributed by atoms with Gasteiger partial charge in [-0.1, -0.05) is 25.5 Å². The molecule has 1 fully saturated rings. The number of sulfone groups is 1. The largest absolute Gasteiger partial charge is 0.343 e. The average Bonchev–Trinajstić information content (AvgIpc) is 2.78. The van der Waals surface area contributed by atoms with Crippen molar-refractivity contribution in [3.63, 3.8) is 0 Å². The summed E-state index contributed by atoms with van der Waals surface area (Å²) in [6.07, 6.45) is 2.91. The quantitative estimate of drug-likeness (QED) is 0.840. The van der Waals surface area contributed by atoms with Crippen LogP contribution in [0.5, 0.6) is 0 Å². The molecule has 1 heterocycles. The molecule has 0 saturated carbocycles. The molecule has 1 saturated heterocycles. The fraction of sp³-hybridized carbons (Fsp3) is 0.538. The molecule has 18 heavy (non-hydrogen) atoms. The van der Waals surface area contributed by atoms with Gasteiger partial charge in [0.1, 0.15) is 0 Å². The summed E-state index contributed by atoms with van der Waals surface area (Å²) in [6, 6.07) is 6.76. The highest BCUT2D eigenvalue weighted by Gasteiger charge is 2.37. The second-order valence-corrected chi connectivity index (χ2v) is 6.51. The Kier molecular flexibility index (Phi) is 3.75. The molecule has 0 radical (unpaired) electrons. The summed E-state index contributed by atoms with van der Waals surface area (Å²) >= 11 is 0. The van der Waals surface area contributed by atoms with Crippen LogP contribution < -0.4 is 0 Å². The molecule has 0 N–H and O–H groups in total. The Labute approximate surface area is 108 Å². The van der Waals surface area contributed by atoms with Gasteiger partial charge < -0.3 is 9.47 Å². The van der Waals surface area contributed by atoms with Crippen molar-refractivity contribution in [2.24, 2.45) is 0 Å². The Hall–Kier alpha value is -0.910. The van der Waals surface area contributed by atoms with Crippen LogP contribution in [0.3, 0.4) is 0 Å². The van der Waals surface area contributed by atoms with Crippen molar-refractivity contribution >= 4 is 9.84 Å². The summed E-state index contributed by atoms with van der Waals surface area (Å²) in [6.45, 7) is 3.22. The average molecular weight is 270 g/mol. The second-order valence-electron chi connectivity index (χ2n) is 4.50. The zero-order valence-corrected chi connectivity index (χ0v) is 11.5. The first-order valence-electron chi connectivity index (χ1n) is 6.06. The van der Waals surface area contributed by atoms with Crippen molar-refractivity contribution < 1.29 is 17.9 Å². The second kappa shape index (κ2) is 4.99. The molecule has 100 valence electrons. The van der Waals surface area contributed by atoms with Gasteiger partial charge in [-0.05, 0) is 12.1 Å². The Morgan fingerprint density at radius 3 is 2.17 bits per heavy atom. The third-order valence-electron chi connectivity index (χ3n) is 3.06. The van der Waals surface area contributed by atoms with E-state index in [9.17, 15) is 8.42 Å². The predicted octanol–water partition coefficient (Wildman–Crippen LogP) is 2.09. The van der Waals surface area contributed by atoms with Crippen LogP contribution in [-0.4, -0.2) is 27.9 Å². The van der Waals surface area contributed by atoms with E-state index in [0.717, 1.165) is 18.4 Å². The monoisotopic (exact) mass is 270 g/mol. The minimum atomic E-state index is -3.16. The highest BCUT2D eigenvalue weighted by atomic mass is 32.2. The minimum absolute atomic E-state index is 0.316. The van der Waals surface area contributed by atoms with Crippen LogP contribution in [0.1, 0.15) is 25.3 Å². The molecule has 1 aliphatic rings. The van der Waals surface area contributed by atoms with Crippen LogP contribution in [0.15, 0.2) is 29.2 Å². The maximum absolute atomic E-state index is 11.4. The fourth-order valence-corrected chi connectivity index (χ4v) is 2.83. The predicted molar refractivity (Wildman–Crippen MR) is 68.0 cm³/mol. The van der Waals surface area contributed by atoms with Gasteiger partial charge in [0.05, 0.1) is 18.1 Å². The summed E-state index contributed by atoms with van der Waals surface area (Å²) in [4.78, 5) is 0.316. The molecule has 0 amide bonds. The minimum Gasteiger partial charge on any atom is -0.343 e. The molecular formula is C13H18O4S. The molecule has 0 unspecified atom stereocenters. The Morgan fingerprint density at radius 2 is 1.72 bits per heavy atom. The molecule has 2 rings (SSSR count). The van der Waals surface area contributed by atoms with Crippen molar-refractivity contribution in [1.29, 1.82) is 0 Å². The molecule has 1 aromatic carbocycles. The summed E-state index contributed by atoms with van der Waals surface area (Å²) in [7, 11) is -3.16. The first kappa shape index (κ1) is 13.5.